The van der Waals surface area contributed by atoms with Crippen molar-refractivity contribution in [2.75, 3.05) is 18.0 Å². The Kier molecular flexibility index (Phi) is 5.41. The number of aromatic nitrogens is 1. The van der Waals surface area contributed by atoms with E-state index in [0.717, 1.165) is 5.39 Å². The molecule has 0 atom stereocenters. The number of nitrogens with zero attached hydrogens (tertiary/aromatic N) is 2. The number of halogens is 1. The topological polar surface area (TPSA) is 85.5 Å². The minimum Gasteiger partial charge on any atom is -0.459 e. The van der Waals surface area contributed by atoms with E-state index < -0.39 is 17.5 Å². The zero-order valence-electron chi connectivity index (χ0n) is 13.9. The smallest absolute Gasteiger partial charge is 0.326 e. The second-order valence-electron chi connectivity index (χ2n) is 6.26. The number of carbonyl (C=O) groups excluding carboxylic acids is 2. The van der Waals surface area contributed by atoms with Crippen molar-refractivity contribution in [2.24, 2.45) is 5.73 Å². The van der Waals surface area contributed by atoms with Crippen LogP contribution in [0.3, 0.4) is 0 Å². The Balaban J connectivity index is 2.44. The van der Waals surface area contributed by atoms with E-state index in [9.17, 15) is 9.59 Å². The average Bonchev–Trinajstić information content (AvgIpc) is 2.51. The Morgan fingerprint density at radius 3 is 2.58 bits per heavy atom. The molecule has 0 aliphatic heterocycles. The summed E-state index contributed by atoms with van der Waals surface area (Å²) in [4.78, 5) is 29.8. The van der Waals surface area contributed by atoms with Crippen LogP contribution < -0.4 is 10.6 Å². The van der Waals surface area contributed by atoms with Gasteiger partial charge in [-0.25, -0.2) is 0 Å². The molecule has 0 saturated heterocycles. The number of carbonyl (C=O) groups is 2. The molecule has 2 aromatic rings. The van der Waals surface area contributed by atoms with Crippen molar-refractivity contribution < 1.29 is 14.3 Å². The zero-order valence-corrected chi connectivity index (χ0v) is 14.6. The SMILES string of the molecule is CC(C)(C)OC(=O)CN(C(=O)CN)c1ccc(Cl)c2ccncc12. The van der Waals surface area contributed by atoms with Gasteiger partial charge in [0.1, 0.15) is 12.1 Å². The lowest BCUT2D eigenvalue weighted by Gasteiger charge is -2.26. The molecule has 0 bridgehead atoms. The summed E-state index contributed by atoms with van der Waals surface area (Å²) in [5, 5.41) is 1.94. The van der Waals surface area contributed by atoms with Gasteiger partial charge in [0.15, 0.2) is 0 Å². The Morgan fingerprint density at radius 2 is 1.96 bits per heavy atom. The lowest BCUT2D eigenvalue weighted by molar-refractivity contribution is -0.153. The number of amides is 1. The van der Waals surface area contributed by atoms with Crippen LogP contribution in [0.25, 0.3) is 10.8 Å². The van der Waals surface area contributed by atoms with Crippen LogP contribution in [0.1, 0.15) is 20.8 Å². The zero-order chi connectivity index (χ0) is 17.9. The van der Waals surface area contributed by atoms with Crippen molar-refractivity contribution in [2.45, 2.75) is 26.4 Å². The molecule has 24 heavy (non-hydrogen) atoms. The molecule has 1 amide bonds. The van der Waals surface area contributed by atoms with E-state index in [0.29, 0.717) is 16.1 Å². The number of nitrogens with two attached hydrogens (primary N) is 1. The predicted molar refractivity (Wildman–Crippen MR) is 94.0 cm³/mol. The monoisotopic (exact) mass is 349 g/mol. The molecule has 1 aromatic carbocycles. The number of hydrogen-bond acceptors (Lipinski definition) is 5. The molecular weight excluding hydrogens is 330 g/mol. The molecule has 128 valence electrons. The van der Waals surface area contributed by atoms with Crippen LogP contribution in [-0.4, -0.2) is 35.6 Å². The number of anilines is 1. The third-order valence-electron chi connectivity index (χ3n) is 3.22. The fourth-order valence-electron chi connectivity index (χ4n) is 2.29. The Morgan fingerprint density at radius 1 is 1.25 bits per heavy atom. The first-order valence-electron chi connectivity index (χ1n) is 7.47. The molecular formula is C17H20ClN3O3. The highest BCUT2D eigenvalue weighted by molar-refractivity contribution is 6.36. The fourth-order valence-corrected chi connectivity index (χ4v) is 2.52. The first kappa shape index (κ1) is 18.2. The third kappa shape index (κ3) is 4.21. The minimum atomic E-state index is -0.641. The largest absolute Gasteiger partial charge is 0.459 e. The molecule has 0 aliphatic carbocycles. The van der Waals surface area contributed by atoms with E-state index in [1.807, 2.05) is 0 Å². The van der Waals surface area contributed by atoms with Gasteiger partial charge in [0.05, 0.1) is 12.2 Å². The molecule has 0 saturated carbocycles. The van der Waals surface area contributed by atoms with E-state index in [-0.39, 0.29) is 13.1 Å². The molecule has 0 radical (unpaired) electrons. The molecule has 2 rings (SSSR count). The molecule has 0 spiro atoms. The van der Waals surface area contributed by atoms with E-state index in [2.05, 4.69) is 4.98 Å². The van der Waals surface area contributed by atoms with Gasteiger partial charge in [-0.3, -0.25) is 19.5 Å². The maximum atomic E-state index is 12.3. The second kappa shape index (κ2) is 7.15. The molecule has 0 fully saturated rings. The quantitative estimate of drug-likeness (QED) is 0.857. The molecule has 1 heterocycles. The van der Waals surface area contributed by atoms with Crippen molar-refractivity contribution in [1.82, 2.24) is 4.98 Å². The van der Waals surface area contributed by atoms with E-state index in [4.69, 9.17) is 22.1 Å². The van der Waals surface area contributed by atoms with Gasteiger partial charge >= 0.3 is 5.97 Å². The summed E-state index contributed by atoms with van der Waals surface area (Å²) in [6.07, 6.45) is 3.21. The molecule has 2 N–H and O–H groups in total. The number of fused-ring (bicyclic) bond motifs is 1. The van der Waals surface area contributed by atoms with Crippen LogP contribution in [-0.2, 0) is 14.3 Å². The normalized spacial score (nSPS) is 11.4. The minimum absolute atomic E-state index is 0.229. The Hall–Kier alpha value is -2.18. The summed E-state index contributed by atoms with van der Waals surface area (Å²) in [6.45, 7) is 4.83. The molecule has 0 aliphatic rings. The standard InChI is InChI=1S/C17H20ClN3O3/c1-17(2,3)24-16(23)10-21(15(22)8-19)14-5-4-13(18)11-6-7-20-9-12(11)14/h4-7,9H,8,10,19H2,1-3H3. The highest BCUT2D eigenvalue weighted by atomic mass is 35.5. The van der Waals surface area contributed by atoms with Gasteiger partial charge in [0, 0.05) is 28.2 Å². The number of rotatable bonds is 4. The summed E-state index contributed by atoms with van der Waals surface area (Å²) in [5.41, 5.74) is 5.38. The molecule has 7 heteroatoms. The van der Waals surface area contributed by atoms with Gasteiger partial charge < -0.3 is 10.5 Å². The highest BCUT2D eigenvalue weighted by Crippen LogP contribution is 2.31. The van der Waals surface area contributed by atoms with Gasteiger partial charge in [-0.05, 0) is 39.0 Å². The number of pyridine rings is 1. The number of esters is 1. The number of hydrogen-bond donors (Lipinski definition) is 1. The maximum Gasteiger partial charge on any atom is 0.326 e. The predicted octanol–water partition coefficient (Wildman–Crippen LogP) is 2.52. The third-order valence-corrected chi connectivity index (χ3v) is 3.55. The molecule has 1 aromatic heterocycles. The summed E-state index contributed by atoms with van der Waals surface area (Å²) in [6, 6.07) is 5.09. The van der Waals surface area contributed by atoms with Gasteiger partial charge in [0.25, 0.3) is 0 Å². The molecule has 6 nitrogen and oxygen atoms in total. The van der Waals surface area contributed by atoms with Gasteiger partial charge in [-0.1, -0.05) is 11.6 Å². The lowest BCUT2D eigenvalue weighted by atomic mass is 10.1. The Bertz CT molecular complexity index is 771. The van der Waals surface area contributed by atoms with Crippen LogP contribution in [0.4, 0.5) is 5.69 Å². The van der Waals surface area contributed by atoms with Crippen molar-refractivity contribution in [3.05, 3.63) is 35.6 Å². The van der Waals surface area contributed by atoms with Gasteiger partial charge in [-0.2, -0.15) is 0 Å². The van der Waals surface area contributed by atoms with E-state index >= 15 is 0 Å². The summed E-state index contributed by atoms with van der Waals surface area (Å²) in [5.74, 6) is -0.912. The average molecular weight is 350 g/mol. The fraction of sp³-hybridized carbons (Fsp3) is 0.353. The summed E-state index contributed by atoms with van der Waals surface area (Å²) < 4.78 is 5.30. The van der Waals surface area contributed by atoms with Crippen molar-refractivity contribution in [3.8, 4) is 0 Å². The van der Waals surface area contributed by atoms with Crippen molar-refractivity contribution in [1.29, 1.82) is 0 Å². The van der Waals surface area contributed by atoms with Crippen LogP contribution >= 0.6 is 11.6 Å². The first-order valence-corrected chi connectivity index (χ1v) is 7.85. The summed E-state index contributed by atoms with van der Waals surface area (Å²) >= 11 is 6.19. The van der Waals surface area contributed by atoms with E-state index in [1.54, 1.807) is 51.4 Å². The van der Waals surface area contributed by atoms with Crippen molar-refractivity contribution in [3.63, 3.8) is 0 Å². The van der Waals surface area contributed by atoms with Crippen LogP contribution in [0.5, 0.6) is 0 Å². The van der Waals surface area contributed by atoms with Crippen molar-refractivity contribution >= 4 is 39.9 Å². The summed E-state index contributed by atoms with van der Waals surface area (Å²) in [7, 11) is 0. The number of benzene rings is 1. The molecule has 0 unspecified atom stereocenters. The highest BCUT2D eigenvalue weighted by Gasteiger charge is 2.24. The second-order valence-corrected chi connectivity index (χ2v) is 6.67. The van der Waals surface area contributed by atoms with Crippen LogP contribution in [0, 0.1) is 0 Å². The van der Waals surface area contributed by atoms with Crippen LogP contribution in [0.2, 0.25) is 5.02 Å². The van der Waals surface area contributed by atoms with E-state index in [1.165, 1.54) is 4.90 Å². The Labute approximate surface area is 145 Å². The van der Waals surface area contributed by atoms with Gasteiger partial charge in [0.2, 0.25) is 5.91 Å². The maximum absolute atomic E-state index is 12.3. The first-order chi connectivity index (χ1) is 11.2. The lowest BCUT2D eigenvalue weighted by Crippen LogP contribution is -2.42. The van der Waals surface area contributed by atoms with Crippen LogP contribution in [0.15, 0.2) is 30.6 Å². The number of ether oxygens (including phenoxy) is 1. The van der Waals surface area contributed by atoms with Gasteiger partial charge in [-0.15, -0.1) is 0 Å².